The maximum absolute atomic E-state index is 13.1. The van der Waals surface area contributed by atoms with E-state index in [4.69, 9.17) is 0 Å². The van der Waals surface area contributed by atoms with Crippen molar-refractivity contribution in [2.45, 2.75) is 121 Å². The lowest BCUT2D eigenvalue weighted by Gasteiger charge is -2.32. The molecule has 0 spiro atoms. The molecule has 0 radical (unpaired) electrons. The zero-order valence-electron chi connectivity index (χ0n) is 36.1. The number of aromatic nitrogens is 2. The monoisotopic (exact) mass is 863 g/mol. The van der Waals surface area contributed by atoms with Crippen molar-refractivity contribution in [3.8, 4) is 0 Å². The number of β-amino-alcohol motifs (C(OH)–C–C–N with tert-alkyl or cyclic N) is 1. The number of carbonyl (C=O) groups is 6. The van der Waals surface area contributed by atoms with Gasteiger partial charge in [0.05, 0.1) is 17.2 Å². The summed E-state index contributed by atoms with van der Waals surface area (Å²) in [4.78, 5) is 89.2. The summed E-state index contributed by atoms with van der Waals surface area (Å²) in [5, 5.41) is 22.4. The van der Waals surface area contributed by atoms with Gasteiger partial charge in [-0.1, -0.05) is 69.2 Å². The lowest BCUT2D eigenvalue weighted by atomic mass is 10.00. The molecule has 7 rings (SSSR count). The first kappa shape index (κ1) is 45.3. The second-order valence-corrected chi connectivity index (χ2v) is 17.3. The summed E-state index contributed by atoms with van der Waals surface area (Å²) in [5.74, 6) is -1.59. The van der Waals surface area contributed by atoms with E-state index in [1.807, 2.05) is 11.0 Å². The van der Waals surface area contributed by atoms with E-state index >= 15 is 0 Å². The van der Waals surface area contributed by atoms with Crippen LogP contribution in [0.1, 0.15) is 132 Å². The van der Waals surface area contributed by atoms with Gasteiger partial charge in [0.2, 0.25) is 17.7 Å². The Hall–Kier alpha value is -5.74. The minimum absolute atomic E-state index is 0.0898. The minimum atomic E-state index is -0.970. The summed E-state index contributed by atoms with van der Waals surface area (Å²) in [5.41, 5.74) is 4.18. The van der Waals surface area contributed by atoms with Crippen LogP contribution in [0.5, 0.6) is 0 Å². The van der Waals surface area contributed by atoms with E-state index < -0.39 is 35.8 Å². The number of nitrogens with one attached hydrogen (secondary N) is 4. The highest BCUT2D eigenvalue weighted by molar-refractivity contribution is 6.23. The van der Waals surface area contributed by atoms with Gasteiger partial charge in [-0.05, 0) is 67.9 Å². The van der Waals surface area contributed by atoms with Crippen molar-refractivity contribution in [2.24, 2.45) is 0 Å². The van der Waals surface area contributed by atoms with Crippen LogP contribution >= 0.6 is 0 Å². The van der Waals surface area contributed by atoms with Crippen molar-refractivity contribution >= 4 is 46.9 Å². The third-order valence-electron chi connectivity index (χ3n) is 12.6. The van der Waals surface area contributed by atoms with Crippen LogP contribution in [-0.4, -0.2) is 123 Å². The van der Waals surface area contributed by atoms with E-state index in [2.05, 4.69) is 54.3 Å². The van der Waals surface area contributed by atoms with Crippen LogP contribution in [0.4, 0.5) is 11.5 Å². The van der Waals surface area contributed by atoms with Crippen molar-refractivity contribution in [3.63, 3.8) is 0 Å². The van der Waals surface area contributed by atoms with Gasteiger partial charge in [0, 0.05) is 76.5 Å². The first-order valence-electron chi connectivity index (χ1n) is 22.8. The molecule has 336 valence electrons. The molecule has 16 heteroatoms. The molecule has 4 aliphatic heterocycles. The van der Waals surface area contributed by atoms with Gasteiger partial charge < -0.3 is 26.0 Å². The topological polar surface area (TPSA) is 206 Å². The lowest BCUT2D eigenvalue weighted by Crippen LogP contribution is -2.54. The van der Waals surface area contributed by atoms with Crippen LogP contribution in [0, 0.1) is 0 Å². The van der Waals surface area contributed by atoms with Crippen LogP contribution in [0.15, 0.2) is 54.9 Å². The number of anilines is 2. The van der Waals surface area contributed by atoms with Crippen molar-refractivity contribution in [3.05, 3.63) is 82.8 Å². The number of hydrogen-bond acceptors (Lipinski definition) is 12. The Bertz CT molecular complexity index is 2120. The molecule has 3 aromatic rings. The Morgan fingerprint density at radius 2 is 1.51 bits per heavy atom. The highest BCUT2D eigenvalue weighted by atomic mass is 16.3. The molecule has 4 aliphatic rings. The van der Waals surface area contributed by atoms with Gasteiger partial charge in [0.15, 0.2) is 0 Å². The number of nitrogens with zero attached hydrogens (tertiary/aromatic N) is 5. The SMILES string of the molecule is O=C1CCC(N2C(=O)c3ccc(NCCCCCCCCCCCC(=O)N4CCC(Nc5cc(C(=O)NC[C@H](O)CN6CCc7ccccc7C6)ncn5)CC4)cc3C2=O)C(=O)N1. The van der Waals surface area contributed by atoms with Crippen LogP contribution < -0.4 is 21.3 Å². The minimum Gasteiger partial charge on any atom is -0.390 e. The summed E-state index contributed by atoms with van der Waals surface area (Å²) in [6.07, 6.45) is 13.8. The molecule has 16 nitrogen and oxygen atoms in total. The van der Waals surface area contributed by atoms with Crippen molar-refractivity contribution in [1.29, 1.82) is 0 Å². The molecule has 5 N–H and O–H groups in total. The van der Waals surface area contributed by atoms with Crippen molar-refractivity contribution < 1.29 is 33.9 Å². The zero-order chi connectivity index (χ0) is 44.1. The van der Waals surface area contributed by atoms with Gasteiger partial charge >= 0.3 is 0 Å². The first-order chi connectivity index (χ1) is 30.6. The lowest BCUT2D eigenvalue weighted by molar-refractivity contribution is -0.136. The van der Waals surface area contributed by atoms with Crippen LogP contribution in [0.25, 0.3) is 0 Å². The number of aliphatic hydroxyl groups excluding tert-OH is 1. The quantitative estimate of drug-likeness (QED) is 0.0745. The summed E-state index contributed by atoms with van der Waals surface area (Å²) in [6, 6.07) is 14.2. The Labute approximate surface area is 369 Å². The molecule has 1 unspecified atom stereocenters. The smallest absolute Gasteiger partial charge is 0.270 e. The van der Waals surface area contributed by atoms with Crippen molar-refractivity contribution in [2.75, 3.05) is 49.9 Å². The van der Waals surface area contributed by atoms with Gasteiger partial charge in [-0.2, -0.15) is 0 Å². The Balaban J connectivity index is 0.688. The Kier molecular flexibility index (Phi) is 15.9. The highest BCUT2D eigenvalue weighted by Gasteiger charge is 2.44. The average molecular weight is 864 g/mol. The summed E-state index contributed by atoms with van der Waals surface area (Å²) >= 11 is 0. The molecule has 63 heavy (non-hydrogen) atoms. The van der Waals surface area contributed by atoms with E-state index in [1.54, 1.807) is 24.3 Å². The van der Waals surface area contributed by atoms with Crippen LogP contribution in [0.3, 0.4) is 0 Å². The van der Waals surface area contributed by atoms with Crippen molar-refractivity contribution in [1.82, 2.24) is 35.3 Å². The predicted octanol–water partition coefficient (Wildman–Crippen LogP) is 4.44. The Morgan fingerprint density at radius 1 is 0.794 bits per heavy atom. The third-order valence-corrected chi connectivity index (χ3v) is 12.6. The summed E-state index contributed by atoms with van der Waals surface area (Å²) in [7, 11) is 0. The molecule has 0 aliphatic carbocycles. The fourth-order valence-corrected chi connectivity index (χ4v) is 9.03. The fraction of sp³-hybridized carbons (Fsp3) is 0.532. The van der Waals surface area contributed by atoms with E-state index in [0.29, 0.717) is 31.9 Å². The number of likely N-dealkylation sites (tertiary alicyclic amines) is 1. The fourth-order valence-electron chi connectivity index (χ4n) is 9.03. The molecule has 2 aromatic carbocycles. The molecule has 2 atom stereocenters. The molecule has 1 aromatic heterocycles. The third kappa shape index (κ3) is 12.3. The summed E-state index contributed by atoms with van der Waals surface area (Å²) in [6.45, 7) is 4.39. The standard InChI is InChI=1S/C47H61N9O7/c57-36(30-54-23-19-32-12-9-10-13-33(32)29-54)28-49-44(60)39-27-41(51-31-50-39)52-34-20-24-55(25-21-34)43(59)14-8-6-4-2-1-3-5-7-11-22-48-35-15-16-37-38(26-35)47(63)56(46(37)62)40-17-18-42(58)53-45(40)61/h9-10,12-13,15-16,26-27,31,34,36,40,48,57H,1-8,11,14,17-25,28-30H2,(H,49,60)(H,50,51,52)(H,53,58,61)/t36-,40?/m0/s1. The number of aliphatic hydroxyl groups is 1. The number of amides is 6. The van der Waals surface area contributed by atoms with E-state index in [1.165, 1.54) is 23.9 Å². The number of hydrogen-bond donors (Lipinski definition) is 5. The first-order valence-corrected chi connectivity index (χ1v) is 22.8. The van der Waals surface area contributed by atoms with Gasteiger partial charge in [0.25, 0.3) is 17.7 Å². The summed E-state index contributed by atoms with van der Waals surface area (Å²) < 4.78 is 0. The normalized spacial score (nSPS) is 18.5. The highest BCUT2D eigenvalue weighted by Crippen LogP contribution is 2.30. The molecule has 5 heterocycles. The van der Waals surface area contributed by atoms with Crippen LogP contribution in [-0.2, 0) is 27.3 Å². The van der Waals surface area contributed by atoms with Gasteiger partial charge in [-0.3, -0.25) is 43.9 Å². The second kappa shape index (κ2) is 22.1. The molecular formula is C47H61N9O7. The number of piperidine rings is 2. The molecular weight excluding hydrogens is 803 g/mol. The predicted molar refractivity (Wildman–Crippen MR) is 237 cm³/mol. The Morgan fingerprint density at radius 3 is 2.27 bits per heavy atom. The van der Waals surface area contributed by atoms with Gasteiger partial charge in [-0.25, -0.2) is 9.97 Å². The molecule has 2 saturated heterocycles. The molecule has 0 saturated carbocycles. The molecule has 6 amide bonds. The molecule has 2 fully saturated rings. The number of unbranched alkanes of at least 4 members (excludes halogenated alkanes) is 8. The maximum Gasteiger partial charge on any atom is 0.270 e. The number of carbonyl (C=O) groups excluding carboxylic acids is 6. The van der Waals surface area contributed by atoms with Crippen LogP contribution in [0.2, 0.25) is 0 Å². The number of benzene rings is 2. The largest absolute Gasteiger partial charge is 0.390 e. The van der Waals surface area contributed by atoms with E-state index in [0.717, 1.165) is 101 Å². The van der Waals surface area contributed by atoms with E-state index in [-0.39, 0.29) is 54.1 Å². The number of imide groups is 2. The molecule has 0 bridgehead atoms. The van der Waals surface area contributed by atoms with E-state index in [9.17, 15) is 33.9 Å². The van der Waals surface area contributed by atoms with Gasteiger partial charge in [-0.15, -0.1) is 0 Å². The van der Waals surface area contributed by atoms with Gasteiger partial charge in [0.1, 0.15) is 23.9 Å². The maximum atomic E-state index is 13.1. The number of rotatable bonds is 21. The average Bonchev–Trinajstić information content (AvgIpc) is 3.53. The zero-order valence-corrected chi connectivity index (χ0v) is 36.1. The second-order valence-electron chi connectivity index (χ2n) is 17.3. The number of fused-ring (bicyclic) bond motifs is 2.